The van der Waals surface area contributed by atoms with E-state index in [0.29, 0.717) is 0 Å². The van der Waals surface area contributed by atoms with Crippen molar-refractivity contribution < 1.29 is 43.2 Å². The molecule has 0 unspecified atom stereocenters. The number of benzene rings is 1. The van der Waals surface area contributed by atoms with E-state index in [-0.39, 0.29) is 50.6 Å². The van der Waals surface area contributed by atoms with E-state index in [1.807, 2.05) is 0 Å². The minimum Gasteiger partial charge on any atom is -1.00 e. The monoisotopic (exact) mass is 299 g/mol. The van der Waals surface area contributed by atoms with Gasteiger partial charge in [-0.05, 0) is 0 Å². The minimum atomic E-state index is 0. The summed E-state index contributed by atoms with van der Waals surface area (Å²) >= 11 is 0. The van der Waals surface area contributed by atoms with Crippen molar-refractivity contribution in [1.29, 1.82) is 0 Å². The average Bonchev–Trinajstić information content (AvgIpc) is 2.33. The summed E-state index contributed by atoms with van der Waals surface area (Å²) < 4.78 is 0. The van der Waals surface area contributed by atoms with Crippen molar-refractivity contribution in [3.8, 4) is 0 Å². The van der Waals surface area contributed by atoms with Crippen molar-refractivity contribution in [3.05, 3.63) is 49.9 Å². The predicted molar refractivity (Wildman–Crippen MR) is 46.0 cm³/mol. The van der Waals surface area contributed by atoms with E-state index in [4.69, 9.17) is 0 Å². The zero-order chi connectivity index (χ0) is 6.10. The molecule has 0 aliphatic heterocycles. The topological polar surface area (TPSA) is 0 Å². The van der Waals surface area contributed by atoms with Gasteiger partial charge in [0.1, 0.15) is 0 Å². The molecule has 0 N–H and O–H groups in total. The molecule has 1 radical (unpaired) electrons. The number of hydrogen-bond donors (Lipinski definition) is 0. The van der Waals surface area contributed by atoms with Crippen LogP contribution in [0.25, 0.3) is 10.8 Å². The minimum absolute atomic E-state index is 0. The third-order valence-corrected chi connectivity index (χ3v) is 1.55. The van der Waals surface area contributed by atoms with Crippen LogP contribution in [0.1, 0.15) is 0 Å². The second kappa shape index (κ2) is 6.68. The van der Waals surface area contributed by atoms with E-state index in [9.17, 15) is 0 Å². The summed E-state index contributed by atoms with van der Waals surface area (Å²) in [4.78, 5) is 0. The number of hydrogen-bond acceptors (Lipinski definition) is 0. The van der Waals surface area contributed by atoms with Crippen LogP contribution >= 0.6 is 0 Å². The van der Waals surface area contributed by atoms with Gasteiger partial charge in [0.15, 0.2) is 0 Å². The largest absolute Gasteiger partial charge is 3.00 e. The van der Waals surface area contributed by atoms with Gasteiger partial charge in [-0.1, -0.05) is 6.07 Å². The Balaban J connectivity index is 0. The third-order valence-electron chi connectivity index (χ3n) is 1.55. The predicted octanol–water partition coefficient (Wildman–Crippen LogP) is 0.0105. The van der Waals surface area contributed by atoms with Crippen LogP contribution in [-0.2, 0) is 26.2 Å². The van der Waals surface area contributed by atoms with Gasteiger partial charge < -0.3 is 24.4 Å². The molecule has 0 spiro atoms. The Morgan fingerprint density at radius 3 is 2.33 bits per heavy atom. The molecule has 0 aliphatic carbocycles. The number of halogens is 1. The SMILES string of the molecule is [Br-].[CH3-].[Zr+3].c1ccc2[cH-]ccc2c1. The molecule has 0 aromatic heterocycles. The first kappa shape index (κ1) is 14.7. The zero-order valence-electron chi connectivity index (χ0n) is 6.92. The standard InChI is InChI=1S/C9H7.CH3.BrH.Zr/c1-2-5-9-7-3-6-8(9)4-1;;;/h1-7H;1H3;1H;/q2*-1;;+3/p-1. The molecule has 0 bridgehead atoms. The fourth-order valence-corrected chi connectivity index (χ4v) is 1.07. The third kappa shape index (κ3) is 2.91. The van der Waals surface area contributed by atoms with Crippen molar-refractivity contribution >= 4 is 10.8 Å². The van der Waals surface area contributed by atoms with Gasteiger partial charge >= 0.3 is 26.2 Å². The van der Waals surface area contributed by atoms with E-state index in [2.05, 4.69) is 42.5 Å². The van der Waals surface area contributed by atoms with Gasteiger partial charge in [-0.15, -0.1) is 29.7 Å². The van der Waals surface area contributed by atoms with Gasteiger partial charge in [-0.3, -0.25) is 0 Å². The molecule has 2 aromatic carbocycles. The molecule has 0 saturated heterocycles. The maximum atomic E-state index is 2.12. The Kier molecular flexibility index (Phi) is 8.19. The van der Waals surface area contributed by atoms with E-state index in [0.717, 1.165) is 0 Å². The molecular formula is C10H10BrZr. The fourth-order valence-electron chi connectivity index (χ4n) is 1.07. The Bertz CT molecular complexity index is 284. The quantitative estimate of drug-likeness (QED) is 0.602. The Morgan fingerprint density at radius 2 is 1.67 bits per heavy atom. The molecule has 0 amide bonds. The van der Waals surface area contributed by atoms with Gasteiger partial charge in [0.2, 0.25) is 0 Å². The first-order valence-corrected chi connectivity index (χ1v) is 3.07. The van der Waals surface area contributed by atoms with Gasteiger partial charge in [-0.2, -0.15) is 17.5 Å². The number of fused-ring (bicyclic) bond motifs is 1. The number of rotatable bonds is 0. The van der Waals surface area contributed by atoms with Crippen LogP contribution in [0.3, 0.4) is 0 Å². The first-order chi connectivity index (χ1) is 4.47. The Hall–Kier alpha value is 0.193. The second-order valence-corrected chi connectivity index (χ2v) is 2.15. The van der Waals surface area contributed by atoms with Crippen molar-refractivity contribution in [1.82, 2.24) is 0 Å². The molecular weight excluding hydrogens is 291 g/mol. The summed E-state index contributed by atoms with van der Waals surface area (Å²) in [6.07, 6.45) is 0. The Morgan fingerprint density at radius 1 is 1.00 bits per heavy atom. The van der Waals surface area contributed by atoms with Gasteiger partial charge in [-0.25, -0.2) is 0 Å². The Labute approximate surface area is 103 Å². The summed E-state index contributed by atoms with van der Waals surface area (Å²) in [6.45, 7) is 0. The molecule has 0 aliphatic rings. The molecule has 2 heteroatoms. The van der Waals surface area contributed by atoms with Gasteiger partial charge in [0.25, 0.3) is 0 Å². The van der Waals surface area contributed by atoms with Crippen LogP contribution in [0.2, 0.25) is 0 Å². The maximum absolute atomic E-state index is 2.12. The van der Waals surface area contributed by atoms with Crippen molar-refractivity contribution in [2.24, 2.45) is 0 Å². The van der Waals surface area contributed by atoms with Crippen LogP contribution in [0.5, 0.6) is 0 Å². The van der Waals surface area contributed by atoms with Crippen molar-refractivity contribution in [2.75, 3.05) is 0 Å². The molecule has 0 heterocycles. The summed E-state index contributed by atoms with van der Waals surface area (Å²) in [5.74, 6) is 0. The molecule has 61 valence electrons. The smallest absolute Gasteiger partial charge is 1.00 e. The summed E-state index contributed by atoms with van der Waals surface area (Å²) in [7, 11) is 0. The van der Waals surface area contributed by atoms with Crippen LogP contribution in [0.15, 0.2) is 42.5 Å². The van der Waals surface area contributed by atoms with Crippen LogP contribution in [-0.4, -0.2) is 0 Å². The first-order valence-electron chi connectivity index (χ1n) is 3.07. The van der Waals surface area contributed by atoms with Gasteiger partial charge in [0, 0.05) is 0 Å². The fraction of sp³-hybridized carbons (Fsp3) is 0. The van der Waals surface area contributed by atoms with Crippen LogP contribution in [0, 0.1) is 7.43 Å². The molecule has 12 heavy (non-hydrogen) atoms. The zero-order valence-corrected chi connectivity index (χ0v) is 11.0. The van der Waals surface area contributed by atoms with Crippen LogP contribution in [0.4, 0.5) is 0 Å². The molecule has 0 fully saturated rings. The van der Waals surface area contributed by atoms with E-state index < -0.39 is 0 Å². The molecule has 2 aromatic rings. The molecule has 2 rings (SSSR count). The van der Waals surface area contributed by atoms with E-state index in [1.165, 1.54) is 10.8 Å². The van der Waals surface area contributed by atoms with Crippen molar-refractivity contribution in [3.63, 3.8) is 0 Å². The average molecular weight is 301 g/mol. The summed E-state index contributed by atoms with van der Waals surface area (Å²) in [6, 6.07) is 14.7. The maximum Gasteiger partial charge on any atom is 3.00 e. The second-order valence-electron chi connectivity index (χ2n) is 2.15. The summed E-state index contributed by atoms with van der Waals surface area (Å²) in [5, 5.41) is 2.66. The van der Waals surface area contributed by atoms with E-state index in [1.54, 1.807) is 0 Å². The van der Waals surface area contributed by atoms with Crippen LogP contribution < -0.4 is 17.0 Å². The van der Waals surface area contributed by atoms with Gasteiger partial charge in [0.05, 0.1) is 0 Å². The molecule has 0 atom stereocenters. The van der Waals surface area contributed by atoms with Crippen molar-refractivity contribution in [2.45, 2.75) is 0 Å². The molecule has 0 saturated carbocycles. The normalized spacial score (nSPS) is 7.67. The summed E-state index contributed by atoms with van der Waals surface area (Å²) in [5.41, 5.74) is 0. The molecule has 0 nitrogen and oxygen atoms in total. The van der Waals surface area contributed by atoms with E-state index >= 15 is 0 Å².